The number of hydrogen-bond acceptors (Lipinski definition) is 6. The zero-order chi connectivity index (χ0) is 54.3. The largest absolute Gasteiger partial charge is 0.462 e. The van der Waals surface area contributed by atoms with Gasteiger partial charge in [0.1, 0.15) is 13.2 Å². The highest BCUT2D eigenvalue weighted by atomic mass is 16.6. The molecule has 0 rings (SSSR count). The first-order valence-corrected chi connectivity index (χ1v) is 32.4. The number of esters is 3. The first-order chi connectivity index (χ1) is 37.0. The molecule has 0 N–H and O–H groups in total. The molecule has 0 amide bonds. The number of rotatable bonds is 59. The van der Waals surface area contributed by atoms with Crippen LogP contribution in [0.1, 0.15) is 329 Å². The van der Waals surface area contributed by atoms with Crippen molar-refractivity contribution in [2.24, 2.45) is 0 Å². The molecule has 0 saturated carbocycles. The highest BCUT2D eigenvalue weighted by Crippen LogP contribution is 2.17. The molecule has 6 heteroatoms. The summed E-state index contributed by atoms with van der Waals surface area (Å²) < 4.78 is 16.9. The Morgan fingerprint density at radius 1 is 0.280 bits per heavy atom. The molecular weight excluding hydrogens is 925 g/mol. The van der Waals surface area contributed by atoms with Crippen molar-refractivity contribution in [1.29, 1.82) is 0 Å². The van der Waals surface area contributed by atoms with E-state index < -0.39 is 6.10 Å². The third kappa shape index (κ3) is 61.6. The third-order valence-corrected chi connectivity index (χ3v) is 14.2. The lowest BCUT2D eigenvalue weighted by atomic mass is 10.0. The average Bonchev–Trinajstić information content (AvgIpc) is 3.41. The van der Waals surface area contributed by atoms with Crippen LogP contribution in [0.3, 0.4) is 0 Å². The molecule has 1 atom stereocenters. The Hall–Kier alpha value is -3.15. The number of hydrogen-bond donors (Lipinski definition) is 0. The fraction of sp³-hybridized carbons (Fsp3) is 0.783. The number of allylic oxidation sites excluding steroid dienone is 12. The Labute approximate surface area is 465 Å². The lowest BCUT2D eigenvalue weighted by Crippen LogP contribution is -2.30. The molecule has 0 aromatic rings. The van der Waals surface area contributed by atoms with E-state index in [0.717, 1.165) is 103 Å². The van der Waals surface area contributed by atoms with E-state index in [1.807, 2.05) is 0 Å². The van der Waals surface area contributed by atoms with E-state index >= 15 is 0 Å². The van der Waals surface area contributed by atoms with Crippen LogP contribution in [0.2, 0.25) is 0 Å². The Morgan fingerprint density at radius 2 is 0.520 bits per heavy atom. The van der Waals surface area contributed by atoms with Gasteiger partial charge in [0.2, 0.25) is 0 Å². The predicted octanol–water partition coefficient (Wildman–Crippen LogP) is 22.1. The van der Waals surface area contributed by atoms with Gasteiger partial charge in [-0.1, -0.05) is 293 Å². The molecule has 0 bridgehead atoms. The quantitative estimate of drug-likeness (QED) is 0.0261. The Bertz CT molecular complexity index is 1390. The van der Waals surface area contributed by atoms with Gasteiger partial charge in [0.05, 0.1) is 0 Å². The second-order valence-electron chi connectivity index (χ2n) is 21.6. The normalized spacial score (nSPS) is 12.5. The van der Waals surface area contributed by atoms with Gasteiger partial charge in [0, 0.05) is 19.3 Å². The standard InChI is InChI=1S/C69H122O6/c1-4-7-10-13-16-19-22-25-27-29-31-32-33-34-35-36-38-39-41-44-47-50-53-56-59-62-68(71)74-65-66(64-73-67(70)61-58-55-52-49-46-43-24-21-18-15-12-9-6-3)75-69(72)63-60-57-54-51-48-45-42-40-37-30-28-26-23-20-17-14-11-8-5-2/h7,10,16,19,21,24-25,27,31-32,34-35,66H,4-6,8-9,11-15,17-18,20,22-23,26,28-30,33,36-65H2,1-3H3/b10-7-,19-16-,24-21-,27-25-,32-31-,35-34-. The molecule has 0 aliphatic carbocycles. The Kier molecular flexibility index (Phi) is 60.7. The van der Waals surface area contributed by atoms with Gasteiger partial charge in [-0.3, -0.25) is 14.4 Å². The van der Waals surface area contributed by atoms with Crippen LogP contribution >= 0.6 is 0 Å². The van der Waals surface area contributed by atoms with E-state index in [1.165, 1.54) is 186 Å². The van der Waals surface area contributed by atoms with Crippen LogP contribution in [0.15, 0.2) is 72.9 Å². The first kappa shape index (κ1) is 71.8. The summed E-state index contributed by atoms with van der Waals surface area (Å²) in [6.07, 6.45) is 81.9. The number of carbonyl (C=O) groups is 3. The molecule has 0 fully saturated rings. The second kappa shape index (κ2) is 63.4. The molecule has 0 aliphatic rings. The van der Waals surface area contributed by atoms with Crippen molar-refractivity contribution in [3.8, 4) is 0 Å². The summed E-state index contributed by atoms with van der Waals surface area (Å²) in [7, 11) is 0. The summed E-state index contributed by atoms with van der Waals surface area (Å²) >= 11 is 0. The van der Waals surface area contributed by atoms with Crippen LogP contribution in [0, 0.1) is 0 Å². The van der Waals surface area contributed by atoms with E-state index in [1.54, 1.807) is 0 Å². The molecule has 0 saturated heterocycles. The summed E-state index contributed by atoms with van der Waals surface area (Å²) in [5.74, 6) is -0.875. The fourth-order valence-corrected chi connectivity index (χ4v) is 9.35. The van der Waals surface area contributed by atoms with Gasteiger partial charge in [-0.25, -0.2) is 0 Å². The van der Waals surface area contributed by atoms with Crippen LogP contribution in [-0.4, -0.2) is 37.2 Å². The molecule has 434 valence electrons. The monoisotopic (exact) mass is 1050 g/mol. The smallest absolute Gasteiger partial charge is 0.306 e. The molecule has 0 spiro atoms. The van der Waals surface area contributed by atoms with Crippen LogP contribution in [0.4, 0.5) is 0 Å². The molecule has 75 heavy (non-hydrogen) atoms. The van der Waals surface area contributed by atoms with Crippen molar-refractivity contribution in [1.82, 2.24) is 0 Å². The molecule has 0 aliphatic heterocycles. The number of carbonyl (C=O) groups excluding carboxylic acids is 3. The van der Waals surface area contributed by atoms with Crippen molar-refractivity contribution in [3.05, 3.63) is 72.9 Å². The molecule has 6 nitrogen and oxygen atoms in total. The number of unbranched alkanes of at least 4 members (excludes halogenated alkanes) is 36. The van der Waals surface area contributed by atoms with Crippen molar-refractivity contribution >= 4 is 17.9 Å². The van der Waals surface area contributed by atoms with E-state index in [9.17, 15) is 14.4 Å². The highest BCUT2D eigenvalue weighted by Gasteiger charge is 2.19. The molecule has 0 aromatic carbocycles. The van der Waals surface area contributed by atoms with E-state index in [-0.39, 0.29) is 31.1 Å². The summed E-state index contributed by atoms with van der Waals surface area (Å²) in [5, 5.41) is 0. The minimum atomic E-state index is -0.780. The zero-order valence-corrected chi connectivity index (χ0v) is 49.8. The maximum atomic E-state index is 12.9. The molecule has 0 radical (unpaired) electrons. The second-order valence-corrected chi connectivity index (χ2v) is 21.6. The third-order valence-electron chi connectivity index (χ3n) is 14.2. The van der Waals surface area contributed by atoms with E-state index in [0.29, 0.717) is 19.3 Å². The van der Waals surface area contributed by atoms with Gasteiger partial charge >= 0.3 is 17.9 Å². The summed E-state index contributed by atoms with van der Waals surface area (Å²) in [4.78, 5) is 38.3. The van der Waals surface area contributed by atoms with E-state index in [4.69, 9.17) is 14.2 Å². The van der Waals surface area contributed by atoms with Gasteiger partial charge in [-0.2, -0.15) is 0 Å². The Balaban J connectivity index is 4.31. The SMILES string of the molecule is CC/C=C\C/C=C\C/C=C\C/C=C\C/C=C\CCCCCCCCCCCC(=O)OCC(COC(=O)CCCCCCC/C=C\CCCCCC)OC(=O)CCCCCCCCCCCCCCCCCCCCC. The summed E-state index contributed by atoms with van der Waals surface area (Å²) in [5.41, 5.74) is 0. The average molecular weight is 1050 g/mol. The van der Waals surface area contributed by atoms with Crippen molar-refractivity contribution < 1.29 is 28.6 Å². The fourth-order valence-electron chi connectivity index (χ4n) is 9.35. The van der Waals surface area contributed by atoms with Crippen molar-refractivity contribution in [2.75, 3.05) is 13.2 Å². The van der Waals surface area contributed by atoms with Crippen LogP contribution in [0.25, 0.3) is 0 Å². The minimum absolute atomic E-state index is 0.0781. The lowest BCUT2D eigenvalue weighted by Gasteiger charge is -2.18. The van der Waals surface area contributed by atoms with Gasteiger partial charge in [0.15, 0.2) is 6.10 Å². The topological polar surface area (TPSA) is 78.9 Å². The van der Waals surface area contributed by atoms with Gasteiger partial charge in [-0.15, -0.1) is 0 Å². The minimum Gasteiger partial charge on any atom is -0.462 e. The summed E-state index contributed by atoms with van der Waals surface area (Å²) in [6, 6.07) is 0. The first-order valence-electron chi connectivity index (χ1n) is 32.4. The van der Waals surface area contributed by atoms with Gasteiger partial charge in [0.25, 0.3) is 0 Å². The van der Waals surface area contributed by atoms with Gasteiger partial charge in [-0.05, 0) is 89.9 Å². The summed E-state index contributed by atoms with van der Waals surface area (Å²) in [6.45, 7) is 6.54. The van der Waals surface area contributed by atoms with Crippen molar-refractivity contribution in [3.63, 3.8) is 0 Å². The van der Waals surface area contributed by atoms with Crippen molar-refractivity contribution in [2.45, 2.75) is 335 Å². The molecule has 0 aromatic heterocycles. The molecule has 1 unspecified atom stereocenters. The van der Waals surface area contributed by atoms with Gasteiger partial charge < -0.3 is 14.2 Å². The Morgan fingerprint density at radius 3 is 0.840 bits per heavy atom. The molecule has 0 heterocycles. The highest BCUT2D eigenvalue weighted by molar-refractivity contribution is 5.71. The molecular formula is C69H122O6. The lowest BCUT2D eigenvalue weighted by molar-refractivity contribution is -0.167. The maximum Gasteiger partial charge on any atom is 0.306 e. The van der Waals surface area contributed by atoms with Crippen LogP contribution in [-0.2, 0) is 28.6 Å². The van der Waals surface area contributed by atoms with Crippen LogP contribution < -0.4 is 0 Å². The number of ether oxygens (including phenoxy) is 3. The predicted molar refractivity (Wildman–Crippen MR) is 325 cm³/mol. The van der Waals surface area contributed by atoms with Crippen LogP contribution in [0.5, 0.6) is 0 Å². The zero-order valence-electron chi connectivity index (χ0n) is 49.8. The maximum absolute atomic E-state index is 12.9. The van der Waals surface area contributed by atoms with E-state index in [2.05, 4.69) is 93.7 Å².